The molecule has 0 saturated heterocycles. The lowest BCUT2D eigenvalue weighted by molar-refractivity contribution is -0.116. The first-order valence-corrected chi connectivity index (χ1v) is 8.89. The minimum Gasteiger partial charge on any atom is -0.393 e. The molecule has 0 spiro atoms. The van der Waals surface area contributed by atoms with Gasteiger partial charge in [0.2, 0.25) is 0 Å². The van der Waals surface area contributed by atoms with Crippen molar-refractivity contribution < 1.29 is 5.11 Å². The highest BCUT2D eigenvalue weighted by Crippen LogP contribution is 2.64. The van der Waals surface area contributed by atoms with Crippen molar-refractivity contribution >= 4 is 0 Å². The van der Waals surface area contributed by atoms with Gasteiger partial charge in [-0.1, -0.05) is 26.0 Å². The van der Waals surface area contributed by atoms with Crippen molar-refractivity contribution in [1.29, 1.82) is 0 Å². The molecule has 112 valence electrons. The lowest BCUT2D eigenvalue weighted by Crippen LogP contribution is -2.53. The molecule has 4 aliphatic rings. The van der Waals surface area contributed by atoms with E-state index in [-0.39, 0.29) is 6.10 Å². The van der Waals surface area contributed by atoms with E-state index in [4.69, 9.17) is 0 Å². The summed E-state index contributed by atoms with van der Waals surface area (Å²) >= 11 is 0. The van der Waals surface area contributed by atoms with Gasteiger partial charge in [-0.05, 0) is 85.9 Å². The third kappa shape index (κ3) is 1.71. The number of fused-ring (bicyclic) bond motifs is 5. The number of hydrogen-bond donors (Lipinski definition) is 1. The molecule has 3 saturated carbocycles. The van der Waals surface area contributed by atoms with Crippen LogP contribution in [0, 0.1) is 34.5 Å². The van der Waals surface area contributed by atoms with E-state index < -0.39 is 0 Å². The molecule has 0 heterocycles. The predicted octanol–water partition coefficient (Wildman–Crippen LogP) is 4.56. The molecule has 0 bridgehead atoms. The summed E-state index contributed by atoms with van der Waals surface area (Å²) in [6, 6.07) is 0. The van der Waals surface area contributed by atoms with Gasteiger partial charge in [0, 0.05) is 0 Å². The second kappa shape index (κ2) is 4.35. The van der Waals surface area contributed by atoms with Gasteiger partial charge in [0.1, 0.15) is 0 Å². The smallest absolute Gasteiger partial charge is 0.0543 e. The molecule has 1 N–H and O–H groups in total. The minimum atomic E-state index is -0.00775. The fourth-order valence-corrected chi connectivity index (χ4v) is 6.72. The van der Waals surface area contributed by atoms with Gasteiger partial charge in [-0.2, -0.15) is 0 Å². The van der Waals surface area contributed by atoms with Crippen LogP contribution in [0.3, 0.4) is 0 Å². The monoisotopic (exact) mass is 274 g/mol. The van der Waals surface area contributed by atoms with Crippen LogP contribution < -0.4 is 0 Å². The number of hydrogen-bond acceptors (Lipinski definition) is 1. The number of allylic oxidation sites excluding steroid dienone is 2. The van der Waals surface area contributed by atoms with Gasteiger partial charge >= 0.3 is 0 Å². The Balaban J connectivity index is 1.63. The van der Waals surface area contributed by atoms with Crippen molar-refractivity contribution in [2.24, 2.45) is 34.5 Å². The number of aliphatic hydroxyl groups is 1. The van der Waals surface area contributed by atoms with Crippen molar-refractivity contribution in [1.82, 2.24) is 0 Å². The van der Waals surface area contributed by atoms with Crippen LogP contribution in [0.5, 0.6) is 0 Å². The third-order valence-electron chi connectivity index (χ3n) is 7.96. The summed E-state index contributed by atoms with van der Waals surface area (Å²) in [5, 5.41) is 10.0. The van der Waals surface area contributed by atoms with E-state index in [0.717, 1.165) is 36.5 Å². The Morgan fingerprint density at radius 1 is 1.00 bits per heavy atom. The Bertz CT molecular complexity index is 427. The number of rotatable bonds is 0. The quantitative estimate of drug-likeness (QED) is 0.642. The largest absolute Gasteiger partial charge is 0.393 e. The lowest BCUT2D eigenvalue weighted by Gasteiger charge is -2.60. The van der Waals surface area contributed by atoms with Crippen molar-refractivity contribution in [3.63, 3.8) is 0 Å². The molecule has 4 rings (SSSR count). The standard InChI is InChI=1S/C19H30O/c1-18-9-3-4-16(18)15-6-5-13-12-14(20)7-11-19(13,2)17(15)8-10-18/h3,9,13-17,20H,4-8,10-12H2,1-2H3/t13-,14-,15-,16-,17+,18+,19-/m0/s1. The Morgan fingerprint density at radius 2 is 1.85 bits per heavy atom. The van der Waals surface area contributed by atoms with Crippen LogP contribution in [0.1, 0.15) is 65.2 Å². The van der Waals surface area contributed by atoms with E-state index in [1.54, 1.807) is 0 Å². The highest BCUT2D eigenvalue weighted by molar-refractivity contribution is 5.16. The first-order chi connectivity index (χ1) is 9.53. The molecular formula is C19H30O. The van der Waals surface area contributed by atoms with Crippen LogP contribution >= 0.6 is 0 Å². The zero-order valence-electron chi connectivity index (χ0n) is 13.1. The second-order valence-corrected chi connectivity index (χ2v) is 8.77. The molecule has 1 heteroatoms. The van der Waals surface area contributed by atoms with E-state index in [0.29, 0.717) is 10.8 Å². The van der Waals surface area contributed by atoms with Crippen molar-refractivity contribution in [3.05, 3.63) is 12.2 Å². The van der Waals surface area contributed by atoms with Crippen LogP contribution in [0.25, 0.3) is 0 Å². The van der Waals surface area contributed by atoms with Gasteiger partial charge in [-0.15, -0.1) is 0 Å². The predicted molar refractivity (Wildman–Crippen MR) is 82.3 cm³/mol. The highest BCUT2D eigenvalue weighted by Gasteiger charge is 2.56. The van der Waals surface area contributed by atoms with E-state index in [9.17, 15) is 5.11 Å². The number of aliphatic hydroxyl groups excluding tert-OH is 1. The molecule has 0 aromatic rings. The maximum Gasteiger partial charge on any atom is 0.0543 e. The van der Waals surface area contributed by atoms with E-state index in [1.807, 2.05) is 0 Å². The van der Waals surface area contributed by atoms with E-state index in [2.05, 4.69) is 26.0 Å². The first kappa shape index (κ1) is 13.4. The summed E-state index contributed by atoms with van der Waals surface area (Å²) in [5.41, 5.74) is 1.05. The Labute approximate surface area is 123 Å². The molecule has 0 aliphatic heterocycles. The van der Waals surface area contributed by atoms with Crippen molar-refractivity contribution in [2.45, 2.75) is 71.3 Å². The fraction of sp³-hybridized carbons (Fsp3) is 0.895. The molecule has 0 aromatic carbocycles. The molecule has 1 nitrogen and oxygen atoms in total. The van der Waals surface area contributed by atoms with Crippen LogP contribution in [0.2, 0.25) is 0 Å². The zero-order valence-corrected chi connectivity index (χ0v) is 13.1. The molecule has 0 unspecified atom stereocenters. The average Bonchev–Trinajstić information content (AvgIpc) is 2.81. The summed E-state index contributed by atoms with van der Waals surface area (Å²) < 4.78 is 0. The minimum absolute atomic E-state index is 0.00775. The molecule has 20 heavy (non-hydrogen) atoms. The topological polar surface area (TPSA) is 20.2 Å². The maximum atomic E-state index is 10.0. The third-order valence-corrected chi connectivity index (χ3v) is 7.96. The van der Waals surface area contributed by atoms with Crippen LogP contribution in [0.15, 0.2) is 12.2 Å². The summed E-state index contributed by atoms with van der Waals surface area (Å²) in [4.78, 5) is 0. The van der Waals surface area contributed by atoms with Gasteiger partial charge in [0.15, 0.2) is 0 Å². The van der Waals surface area contributed by atoms with Gasteiger partial charge in [-0.3, -0.25) is 0 Å². The maximum absolute atomic E-state index is 10.0. The van der Waals surface area contributed by atoms with Gasteiger partial charge < -0.3 is 5.11 Å². The molecular weight excluding hydrogens is 244 g/mol. The van der Waals surface area contributed by atoms with E-state index in [1.165, 1.54) is 38.5 Å². The fourth-order valence-electron chi connectivity index (χ4n) is 6.72. The van der Waals surface area contributed by atoms with Crippen LogP contribution in [0.4, 0.5) is 0 Å². The summed E-state index contributed by atoms with van der Waals surface area (Å²) in [6.45, 7) is 5.09. The Kier molecular flexibility index (Phi) is 2.91. The van der Waals surface area contributed by atoms with Crippen molar-refractivity contribution in [2.75, 3.05) is 0 Å². The lowest BCUT2D eigenvalue weighted by atomic mass is 9.45. The summed E-state index contributed by atoms with van der Waals surface area (Å²) in [5.74, 6) is 3.61. The zero-order chi connectivity index (χ0) is 14.0. The highest BCUT2D eigenvalue weighted by atomic mass is 16.3. The second-order valence-electron chi connectivity index (χ2n) is 8.77. The van der Waals surface area contributed by atoms with Crippen LogP contribution in [-0.2, 0) is 0 Å². The Morgan fingerprint density at radius 3 is 2.70 bits per heavy atom. The Hall–Kier alpha value is -0.300. The molecule has 7 atom stereocenters. The normalized spacial score (nSPS) is 57.9. The van der Waals surface area contributed by atoms with E-state index >= 15 is 0 Å². The summed E-state index contributed by atoms with van der Waals surface area (Å²) in [6.07, 6.45) is 15.4. The average molecular weight is 274 g/mol. The summed E-state index contributed by atoms with van der Waals surface area (Å²) in [7, 11) is 0. The molecule has 0 aromatic heterocycles. The molecule has 0 radical (unpaired) electrons. The van der Waals surface area contributed by atoms with Gasteiger partial charge in [0.25, 0.3) is 0 Å². The van der Waals surface area contributed by atoms with Crippen molar-refractivity contribution in [3.8, 4) is 0 Å². The van der Waals surface area contributed by atoms with Gasteiger partial charge in [-0.25, -0.2) is 0 Å². The molecule has 0 amide bonds. The molecule has 3 fully saturated rings. The first-order valence-electron chi connectivity index (χ1n) is 8.89. The van der Waals surface area contributed by atoms with Crippen LogP contribution in [-0.4, -0.2) is 11.2 Å². The SMILES string of the molecule is C[C@]12CC[C@H](O)C[C@@H]1CC[C@@H]1[C@H]2CC[C@@]2(C)C=CC[C@@H]12. The van der Waals surface area contributed by atoms with Gasteiger partial charge in [0.05, 0.1) is 6.10 Å². The molecule has 4 aliphatic carbocycles.